The number of hydrogen-bond donors (Lipinski definition) is 3. The number of thioether (sulfide) groups is 1. The topological polar surface area (TPSA) is 117 Å². The summed E-state index contributed by atoms with van der Waals surface area (Å²) in [7, 11) is 0. The van der Waals surface area contributed by atoms with Crippen LogP contribution in [0, 0.1) is 0 Å². The monoisotopic (exact) mass is 374 g/mol. The summed E-state index contributed by atoms with van der Waals surface area (Å²) in [5.74, 6) is 1.50. The van der Waals surface area contributed by atoms with Gasteiger partial charge in [-0.1, -0.05) is 24.6 Å². The molecule has 1 aliphatic carbocycles. The molecule has 0 spiro atoms. The molecule has 3 N–H and O–H groups in total. The Morgan fingerprint density at radius 3 is 3.00 bits per heavy atom. The molecule has 0 radical (unpaired) electrons. The lowest BCUT2D eigenvalue weighted by atomic mass is 10.2. The second-order valence-electron chi connectivity index (χ2n) is 6.49. The van der Waals surface area contributed by atoms with E-state index >= 15 is 0 Å². The molecule has 0 saturated heterocycles. The smallest absolute Gasteiger partial charge is 0.263 e. The molecule has 0 aromatic carbocycles. The number of H-pyrrole nitrogens is 2. The van der Waals surface area contributed by atoms with Gasteiger partial charge in [0.1, 0.15) is 11.2 Å². The normalized spacial score (nSPS) is 15.1. The number of nitrogens with zero attached hydrogens (tertiary/aromatic N) is 5. The van der Waals surface area contributed by atoms with Gasteiger partial charge in [-0.25, -0.2) is 0 Å². The van der Waals surface area contributed by atoms with Gasteiger partial charge < -0.3 is 9.88 Å². The average Bonchev–Trinajstić information content (AvgIpc) is 3.37. The molecule has 0 atom stereocenters. The average molecular weight is 374 g/mol. The first-order valence-corrected chi connectivity index (χ1v) is 10.1. The van der Waals surface area contributed by atoms with Crippen molar-refractivity contribution in [1.82, 2.24) is 34.9 Å². The molecule has 0 unspecified atom stereocenters. The van der Waals surface area contributed by atoms with Crippen LogP contribution < -0.4 is 10.9 Å². The maximum Gasteiger partial charge on any atom is 0.263 e. The highest BCUT2D eigenvalue weighted by molar-refractivity contribution is 7.98. The molecule has 0 amide bonds. The van der Waals surface area contributed by atoms with Crippen LogP contribution in [-0.4, -0.2) is 47.7 Å². The van der Waals surface area contributed by atoms with E-state index in [4.69, 9.17) is 0 Å². The van der Waals surface area contributed by atoms with Crippen LogP contribution in [0.15, 0.2) is 16.1 Å². The van der Waals surface area contributed by atoms with Gasteiger partial charge >= 0.3 is 0 Å². The largest absolute Gasteiger partial charge is 0.356 e. The van der Waals surface area contributed by atoms with Gasteiger partial charge in [-0.3, -0.25) is 14.9 Å². The van der Waals surface area contributed by atoms with Gasteiger partial charge in [0.05, 0.1) is 6.20 Å². The Bertz CT molecular complexity index is 939. The first-order valence-electron chi connectivity index (χ1n) is 8.91. The number of hydrogen-bond acceptors (Lipinski definition) is 7. The molecule has 9 nitrogen and oxygen atoms in total. The number of nitrogens with one attached hydrogen (secondary N) is 3. The highest BCUT2D eigenvalue weighted by atomic mass is 32.2. The van der Waals surface area contributed by atoms with Gasteiger partial charge in [0.15, 0.2) is 10.8 Å². The molecule has 1 saturated carbocycles. The minimum absolute atomic E-state index is 0.197. The first-order chi connectivity index (χ1) is 12.8. The van der Waals surface area contributed by atoms with E-state index in [0.717, 1.165) is 23.8 Å². The van der Waals surface area contributed by atoms with Crippen LogP contribution in [0.1, 0.15) is 44.0 Å². The maximum absolute atomic E-state index is 11.9. The van der Waals surface area contributed by atoms with E-state index in [0.29, 0.717) is 29.6 Å². The van der Waals surface area contributed by atoms with Crippen LogP contribution >= 0.6 is 11.8 Å². The van der Waals surface area contributed by atoms with Gasteiger partial charge in [0.2, 0.25) is 5.95 Å². The van der Waals surface area contributed by atoms with E-state index < -0.39 is 0 Å². The number of aromatic nitrogens is 7. The molecule has 3 heterocycles. The van der Waals surface area contributed by atoms with E-state index in [1.807, 2.05) is 0 Å². The van der Waals surface area contributed by atoms with Crippen LogP contribution in [0.25, 0.3) is 11.0 Å². The highest BCUT2D eigenvalue weighted by Crippen LogP contribution is 2.33. The first kappa shape index (κ1) is 17.1. The summed E-state index contributed by atoms with van der Waals surface area (Å²) in [5.41, 5.74) is 0.290. The standard InChI is InChI=1S/C16H22N8OS/c1-26-16-23-21-12(24(16)10-5-2-3-6-10)7-4-8-17-15-19-13-11(9-18-22-13)14(25)20-15/h9-10H,2-8H2,1H3,(H3,17,18,19,20,22,25). The molecule has 4 rings (SSSR count). The van der Waals surface area contributed by atoms with Gasteiger partial charge in [0.25, 0.3) is 5.56 Å². The number of fused-ring (bicyclic) bond motifs is 1. The highest BCUT2D eigenvalue weighted by Gasteiger charge is 2.23. The zero-order valence-corrected chi connectivity index (χ0v) is 15.5. The van der Waals surface area contributed by atoms with Crippen LogP contribution in [-0.2, 0) is 6.42 Å². The zero-order chi connectivity index (χ0) is 17.9. The lowest BCUT2D eigenvalue weighted by Gasteiger charge is -2.16. The Balaban J connectivity index is 1.38. The molecule has 3 aromatic heterocycles. The van der Waals surface area contributed by atoms with Crippen LogP contribution in [0.2, 0.25) is 0 Å². The number of aryl methyl sites for hydroxylation is 1. The molecule has 3 aromatic rings. The van der Waals surface area contributed by atoms with Crippen molar-refractivity contribution >= 4 is 28.7 Å². The maximum atomic E-state index is 11.9. The summed E-state index contributed by atoms with van der Waals surface area (Å²) in [4.78, 5) is 19.0. The number of aromatic amines is 2. The fraction of sp³-hybridized carbons (Fsp3) is 0.562. The Morgan fingerprint density at radius 2 is 2.19 bits per heavy atom. The van der Waals surface area contributed by atoms with E-state index in [9.17, 15) is 4.79 Å². The molecule has 10 heteroatoms. The molecule has 0 bridgehead atoms. The Kier molecular flexibility index (Phi) is 4.91. The molecular formula is C16H22N8OS. The summed E-state index contributed by atoms with van der Waals surface area (Å²) in [6, 6.07) is 0.538. The van der Waals surface area contributed by atoms with Crippen molar-refractivity contribution < 1.29 is 0 Å². The van der Waals surface area contributed by atoms with E-state index in [2.05, 4.69) is 46.5 Å². The SMILES string of the molecule is CSc1nnc(CCCNc2nc3[nH]ncc3c(=O)[nH]2)n1C1CCCC1. The molecule has 1 fully saturated rings. The van der Waals surface area contributed by atoms with Gasteiger partial charge in [0, 0.05) is 19.0 Å². The Hall–Kier alpha value is -2.36. The second kappa shape index (κ2) is 7.48. The summed E-state index contributed by atoms with van der Waals surface area (Å²) in [6.45, 7) is 0.689. The Labute approximate surface area is 154 Å². The van der Waals surface area contributed by atoms with Crippen LogP contribution in [0.3, 0.4) is 0 Å². The molecule has 1 aliphatic rings. The van der Waals surface area contributed by atoms with Crippen molar-refractivity contribution in [3.05, 3.63) is 22.4 Å². The molecule has 0 aliphatic heterocycles. The third-order valence-corrected chi connectivity index (χ3v) is 5.44. The van der Waals surface area contributed by atoms with E-state index in [1.165, 1.54) is 31.9 Å². The summed E-state index contributed by atoms with van der Waals surface area (Å²) < 4.78 is 2.33. The minimum atomic E-state index is -0.197. The molecular weight excluding hydrogens is 352 g/mol. The Morgan fingerprint density at radius 1 is 1.35 bits per heavy atom. The van der Waals surface area contributed by atoms with Crippen LogP contribution in [0.4, 0.5) is 5.95 Å². The van der Waals surface area contributed by atoms with E-state index in [1.54, 1.807) is 11.8 Å². The van der Waals surface area contributed by atoms with Gasteiger partial charge in [-0.2, -0.15) is 10.1 Å². The lowest BCUT2D eigenvalue weighted by Crippen LogP contribution is -2.15. The predicted molar refractivity (Wildman–Crippen MR) is 101 cm³/mol. The molecule has 26 heavy (non-hydrogen) atoms. The second-order valence-corrected chi connectivity index (χ2v) is 7.26. The third-order valence-electron chi connectivity index (χ3n) is 4.80. The summed E-state index contributed by atoms with van der Waals surface area (Å²) in [5, 5.41) is 19.9. The van der Waals surface area contributed by atoms with Crippen molar-refractivity contribution in [2.75, 3.05) is 18.1 Å². The van der Waals surface area contributed by atoms with Crippen molar-refractivity contribution in [2.24, 2.45) is 0 Å². The van der Waals surface area contributed by atoms with Crippen molar-refractivity contribution in [3.8, 4) is 0 Å². The summed E-state index contributed by atoms with van der Waals surface area (Å²) in [6.07, 6.45) is 10.2. The lowest BCUT2D eigenvalue weighted by molar-refractivity contribution is 0.461. The minimum Gasteiger partial charge on any atom is -0.356 e. The van der Waals surface area contributed by atoms with E-state index in [-0.39, 0.29) is 5.56 Å². The van der Waals surface area contributed by atoms with Crippen LogP contribution in [0.5, 0.6) is 0 Å². The zero-order valence-electron chi connectivity index (χ0n) is 14.7. The quantitative estimate of drug-likeness (QED) is 0.428. The summed E-state index contributed by atoms with van der Waals surface area (Å²) >= 11 is 1.66. The fourth-order valence-corrected chi connectivity index (χ4v) is 4.10. The number of rotatable bonds is 7. The van der Waals surface area contributed by atoms with Crippen molar-refractivity contribution in [1.29, 1.82) is 0 Å². The van der Waals surface area contributed by atoms with Gasteiger partial charge in [-0.05, 0) is 25.5 Å². The molecule has 138 valence electrons. The van der Waals surface area contributed by atoms with Crippen molar-refractivity contribution in [3.63, 3.8) is 0 Å². The van der Waals surface area contributed by atoms with Gasteiger partial charge in [-0.15, -0.1) is 10.2 Å². The number of anilines is 1. The van der Waals surface area contributed by atoms with Crippen molar-refractivity contribution in [2.45, 2.75) is 49.7 Å². The fourth-order valence-electron chi connectivity index (χ4n) is 3.53. The predicted octanol–water partition coefficient (Wildman–Crippen LogP) is 2.12. The third kappa shape index (κ3) is 3.33.